The standard InChI is InChI=1S/C12H11BrClNO2S/c1-16-11-3-9(14)2-8(4-13)12(11)17-6-10-5-15-7-18-10/h2-3,5,7H,4,6H2,1H3. The van der Waals surface area contributed by atoms with Gasteiger partial charge in [0.2, 0.25) is 0 Å². The van der Waals surface area contributed by atoms with E-state index < -0.39 is 0 Å². The largest absolute Gasteiger partial charge is 0.493 e. The first-order chi connectivity index (χ1) is 8.74. The van der Waals surface area contributed by atoms with E-state index >= 15 is 0 Å². The van der Waals surface area contributed by atoms with E-state index in [1.54, 1.807) is 36.2 Å². The third-order valence-electron chi connectivity index (χ3n) is 2.30. The lowest BCUT2D eigenvalue weighted by Gasteiger charge is -2.14. The molecule has 0 amide bonds. The van der Waals surface area contributed by atoms with Gasteiger partial charge in [0.1, 0.15) is 6.61 Å². The van der Waals surface area contributed by atoms with Crippen molar-refractivity contribution in [2.45, 2.75) is 11.9 Å². The molecule has 0 aliphatic carbocycles. The summed E-state index contributed by atoms with van der Waals surface area (Å²) in [5.41, 5.74) is 2.74. The average Bonchev–Trinajstić information content (AvgIpc) is 2.89. The van der Waals surface area contributed by atoms with Crippen molar-refractivity contribution >= 4 is 38.9 Å². The quantitative estimate of drug-likeness (QED) is 0.756. The molecule has 0 fully saturated rings. The summed E-state index contributed by atoms with van der Waals surface area (Å²) < 4.78 is 11.1. The lowest BCUT2D eigenvalue weighted by molar-refractivity contribution is 0.285. The third-order valence-corrected chi connectivity index (χ3v) is 3.88. The Morgan fingerprint density at radius 3 is 2.89 bits per heavy atom. The number of hydrogen-bond acceptors (Lipinski definition) is 4. The van der Waals surface area contributed by atoms with Gasteiger partial charge in [0.25, 0.3) is 0 Å². The summed E-state index contributed by atoms with van der Waals surface area (Å²) in [6, 6.07) is 3.61. The van der Waals surface area contributed by atoms with Gasteiger partial charge < -0.3 is 9.47 Å². The van der Waals surface area contributed by atoms with Gasteiger partial charge in [-0.2, -0.15) is 0 Å². The number of hydrogen-bond donors (Lipinski definition) is 0. The fraction of sp³-hybridized carbons (Fsp3) is 0.250. The van der Waals surface area contributed by atoms with Crippen LogP contribution in [-0.2, 0) is 11.9 Å². The van der Waals surface area contributed by atoms with Gasteiger partial charge in [0.05, 0.1) is 17.5 Å². The molecule has 1 aromatic heterocycles. The number of ether oxygens (including phenoxy) is 2. The second-order valence-corrected chi connectivity index (χ2v) is 5.45. The number of halogens is 2. The molecule has 6 heteroatoms. The molecule has 18 heavy (non-hydrogen) atoms. The zero-order valence-corrected chi connectivity index (χ0v) is 12.8. The Labute approximate surface area is 123 Å². The zero-order valence-electron chi connectivity index (χ0n) is 9.65. The van der Waals surface area contributed by atoms with E-state index in [1.165, 1.54) is 0 Å². The van der Waals surface area contributed by atoms with Crippen LogP contribution >= 0.6 is 38.9 Å². The topological polar surface area (TPSA) is 31.4 Å². The molecular formula is C12H11BrClNO2S. The van der Waals surface area contributed by atoms with Crippen LogP contribution in [0.4, 0.5) is 0 Å². The van der Waals surface area contributed by atoms with Crippen LogP contribution in [0.5, 0.6) is 11.5 Å². The minimum Gasteiger partial charge on any atom is -0.493 e. The molecule has 1 aromatic carbocycles. The number of rotatable bonds is 5. The molecule has 0 bridgehead atoms. The van der Waals surface area contributed by atoms with Crippen molar-refractivity contribution in [3.63, 3.8) is 0 Å². The van der Waals surface area contributed by atoms with Crippen LogP contribution in [0, 0.1) is 0 Å². The molecule has 0 unspecified atom stereocenters. The molecule has 0 spiro atoms. The summed E-state index contributed by atoms with van der Waals surface area (Å²) >= 11 is 11.0. The minimum absolute atomic E-state index is 0.475. The Kier molecular flexibility index (Phi) is 4.86. The molecule has 0 aliphatic rings. The highest BCUT2D eigenvalue weighted by Gasteiger charge is 2.12. The maximum atomic E-state index is 6.01. The van der Waals surface area contributed by atoms with Gasteiger partial charge in [-0.15, -0.1) is 11.3 Å². The summed E-state index contributed by atoms with van der Waals surface area (Å²) in [7, 11) is 1.60. The van der Waals surface area contributed by atoms with Crippen molar-refractivity contribution in [3.05, 3.63) is 39.3 Å². The predicted molar refractivity (Wildman–Crippen MR) is 77.1 cm³/mol. The van der Waals surface area contributed by atoms with E-state index in [4.69, 9.17) is 21.1 Å². The van der Waals surface area contributed by atoms with E-state index in [0.29, 0.717) is 28.5 Å². The maximum Gasteiger partial charge on any atom is 0.165 e. The number of benzene rings is 1. The van der Waals surface area contributed by atoms with Crippen molar-refractivity contribution in [1.29, 1.82) is 0 Å². The van der Waals surface area contributed by atoms with E-state index in [1.807, 2.05) is 6.07 Å². The zero-order chi connectivity index (χ0) is 13.0. The van der Waals surface area contributed by atoms with Crippen LogP contribution in [0.15, 0.2) is 23.8 Å². The number of methoxy groups -OCH3 is 1. The monoisotopic (exact) mass is 347 g/mol. The highest BCUT2D eigenvalue weighted by molar-refractivity contribution is 9.08. The van der Waals surface area contributed by atoms with Gasteiger partial charge in [-0.3, -0.25) is 4.98 Å². The molecule has 0 atom stereocenters. The minimum atomic E-state index is 0.475. The molecule has 2 rings (SSSR count). The first kappa shape index (κ1) is 13.6. The van der Waals surface area contributed by atoms with E-state index in [-0.39, 0.29) is 0 Å². The van der Waals surface area contributed by atoms with Gasteiger partial charge in [0, 0.05) is 28.2 Å². The number of thiazole rings is 1. The fourth-order valence-corrected chi connectivity index (χ4v) is 2.65. The average molecular weight is 349 g/mol. The van der Waals surface area contributed by atoms with Gasteiger partial charge in [0.15, 0.2) is 11.5 Å². The van der Waals surface area contributed by atoms with Crippen molar-refractivity contribution in [2.24, 2.45) is 0 Å². The summed E-state index contributed by atoms with van der Waals surface area (Å²) in [4.78, 5) is 5.07. The van der Waals surface area contributed by atoms with Crippen LogP contribution in [0.2, 0.25) is 5.02 Å². The highest BCUT2D eigenvalue weighted by atomic mass is 79.9. The van der Waals surface area contributed by atoms with Crippen LogP contribution in [-0.4, -0.2) is 12.1 Å². The first-order valence-corrected chi connectivity index (χ1v) is 7.55. The maximum absolute atomic E-state index is 6.01. The Morgan fingerprint density at radius 1 is 1.44 bits per heavy atom. The smallest absolute Gasteiger partial charge is 0.165 e. The molecule has 3 nitrogen and oxygen atoms in total. The molecule has 0 saturated heterocycles. The van der Waals surface area contributed by atoms with Crippen LogP contribution < -0.4 is 9.47 Å². The van der Waals surface area contributed by atoms with E-state index in [0.717, 1.165) is 10.4 Å². The van der Waals surface area contributed by atoms with Crippen LogP contribution in [0.25, 0.3) is 0 Å². The van der Waals surface area contributed by atoms with E-state index in [2.05, 4.69) is 20.9 Å². The summed E-state index contributed by atoms with van der Waals surface area (Å²) in [5, 5.41) is 1.29. The SMILES string of the molecule is COc1cc(Cl)cc(CBr)c1OCc1cncs1. The lowest BCUT2D eigenvalue weighted by Crippen LogP contribution is -1.99. The Balaban J connectivity index is 2.24. The third kappa shape index (κ3) is 3.16. The number of nitrogens with zero attached hydrogens (tertiary/aromatic N) is 1. The van der Waals surface area contributed by atoms with Crippen LogP contribution in [0.3, 0.4) is 0 Å². The molecule has 1 heterocycles. The second-order valence-electron chi connectivity index (χ2n) is 3.49. The Hall–Kier alpha value is -0.780. The molecule has 0 saturated carbocycles. The molecule has 96 valence electrons. The number of aromatic nitrogens is 1. The second kappa shape index (κ2) is 6.41. The lowest BCUT2D eigenvalue weighted by atomic mass is 10.2. The van der Waals surface area contributed by atoms with E-state index in [9.17, 15) is 0 Å². The van der Waals surface area contributed by atoms with Crippen molar-refractivity contribution in [1.82, 2.24) is 4.98 Å². The molecule has 0 aliphatic heterocycles. The van der Waals surface area contributed by atoms with Gasteiger partial charge in [-0.1, -0.05) is 27.5 Å². The summed E-state index contributed by atoms with van der Waals surface area (Å²) in [5.74, 6) is 1.36. The number of alkyl halides is 1. The predicted octanol–water partition coefficient (Wildman–Crippen LogP) is 4.28. The first-order valence-electron chi connectivity index (χ1n) is 5.17. The van der Waals surface area contributed by atoms with Crippen molar-refractivity contribution in [2.75, 3.05) is 7.11 Å². The summed E-state index contributed by atoms with van der Waals surface area (Å²) in [6.07, 6.45) is 1.79. The molecular weight excluding hydrogens is 338 g/mol. The highest BCUT2D eigenvalue weighted by Crippen LogP contribution is 2.36. The van der Waals surface area contributed by atoms with Crippen LogP contribution in [0.1, 0.15) is 10.4 Å². The van der Waals surface area contributed by atoms with Gasteiger partial charge in [-0.25, -0.2) is 0 Å². The fourth-order valence-electron chi connectivity index (χ4n) is 1.49. The Morgan fingerprint density at radius 2 is 2.28 bits per heavy atom. The normalized spacial score (nSPS) is 10.4. The van der Waals surface area contributed by atoms with Crippen molar-refractivity contribution < 1.29 is 9.47 Å². The van der Waals surface area contributed by atoms with Crippen molar-refractivity contribution in [3.8, 4) is 11.5 Å². The molecule has 2 aromatic rings. The van der Waals surface area contributed by atoms with Gasteiger partial charge >= 0.3 is 0 Å². The Bertz CT molecular complexity index is 494. The molecule has 0 radical (unpaired) electrons. The van der Waals surface area contributed by atoms with Gasteiger partial charge in [-0.05, 0) is 6.07 Å². The summed E-state index contributed by atoms with van der Waals surface area (Å²) in [6.45, 7) is 0.475. The molecule has 0 N–H and O–H groups in total.